The Labute approximate surface area is 204 Å². The van der Waals surface area contributed by atoms with Crippen molar-refractivity contribution < 1.29 is 40.3 Å². The van der Waals surface area contributed by atoms with Crippen LogP contribution < -0.4 is 11.1 Å². The molecule has 0 saturated heterocycles. The molecule has 35 heavy (non-hydrogen) atoms. The minimum atomic E-state index is -4.89. The van der Waals surface area contributed by atoms with Gasteiger partial charge in [0.15, 0.2) is 0 Å². The number of halogens is 9. The average Bonchev–Trinajstić information content (AvgIpc) is 2.70. The molecule has 2 aromatic heterocycles. The van der Waals surface area contributed by atoms with Crippen LogP contribution >= 0.6 is 24.0 Å². The minimum Gasteiger partial charge on any atom is -0.385 e. The van der Waals surface area contributed by atoms with Crippen molar-refractivity contribution in [3.63, 3.8) is 0 Å². The number of amidine groups is 1. The van der Waals surface area contributed by atoms with Gasteiger partial charge in [-0.1, -0.05) is 11.6 Å². The molecule has 2 aromatic rings. The van der Waals surface area contributed by atoms with Crippen LogP contribution in [0.4, 0.5) is 36.6 Å². The van der Waals surface area contributed by atoms with Crippen LogP contribution in [0.3, 0.4) is 0 Å². The maximum absolute atomic E-state index is 14.5. The summed E-state index contributed by atoms with van der Waals surface area (Å²) >= 11 is 5.73. The molecule has 7 nitrogen and oxygen atoms in total. The number of aromatic nitrogens is 2. The van der Waals surface area contributed by atoms with Gasteiger partial charge in [-0.2, -0.15) is 26.3 Å². The van der Waals surface area contributed by atoms with E-state index in [-0.39, 0.29) is 18.2 Å². The third kappa shape index (κ3) is 5.43. The minimum absolute atomic E-state index is 0. The predicted molar refractivity (Wildman–Crippen MR) is 113 cm³/mol. The number of hydrogen-bond acceptors (Lipinski definition) is 6. The van der Waals surface area contributed by atoms with Gasteiger partial charge in [0.1, 0.15) is 34.4 Å². The molecule has 16 heteroatoms. The molecule has 0 fully saturated rings. The second-order valence-electron chi connectivity index (χ2n) is 7.62. The van der Waals surface area contributed by atoms with Crippen molar-refractivity contribution in [2.75, 3.05) is 11.9 Å². The zero-order valence-corrected chi connectivity index (χ0v) is 19.3. The summed E-state index contributed by atoms with van der Waals surface area (Å²) in [4.78, 5) is 23.5. The molecule has 0 saturated carbocycles. The van der Waals surface area contributed by atoms with Crippen molar-refractivity contribution in [2.45, 2.75) is 37.3 Å². The number of rotatable bonds is 3. The number of carbonyl (C=O) groups excluding carboxylic acids is 1. The largest absolute Gasteiger partial charge is 0.424 e. The second-order valence-corrected chi connectivity index (χ2v) is 8.03. The van der Waals surface area contributed by atoms with Crippen LogP contribution in [0.5, 0.6) is 0 Å². The quantitative estimate of drug-likeness (QED) is 0.531. The van der Waals surface area contributed by atoms with Gasteiger partial charge in [0.25, 0.3) is 5.91 Å². The predicted octanol–water partition coefficient (Wildman–Crippen LogP) is 4.89. The van der Waals surface area contributed by atoms with Crippen molar-refractivity contribution in [2.24, 2.45) is 10.7 Å². The van der Waals surface area contributed by atoms with Gasteiger partial charge in [-0.15, -0.1) is 12.4 Å². The zero-order chi connectivity index (χ0) is 25.7. The highest BCUT2D eigenvalue weighted by molar-refractivity contribution is 6.34. The van der Waals surface area contributed by atoms with E-state index in [0.717, 1.165) is 12.1 Å². The van der Waals surface area contributed by atoms with E-state index in [4.69, 9.17) is 22.1 Å². The van der Waals surface area contributed by atoms with Gasteiger partial charge in [-0.05, 0) is 32.0 Å². The number of carbonyl (C=O) groups is 1. The third-order valence-electron chi connectivity index (χ3n) is 5.02. The Morgan fingerprint density at radius 2 is 1.83 bits per heavy atom. The summed E-state index contributed by atoms with van der Waals surface area (Å²) in [5.74, 6) is -3.31. The zero-order valence-electron chi connectivity index (χ0n) is 17.7. The first kappa shape index (κ1) is 28.5. The van der Waals surface area contributed by atoms with Crippen molar-refractivity contribution >= 4 is 41.6 Å². The lowest BCUT2D eigenvalue weighted by Crippen LogP contribution is -2.60. The Morgan fingerprint density at radius 3 is 2.34 bits per heavy atom. The van der Waals surface area contributed by atoms with Crippen LogP contribution in [-0.2, 0) is 16.5 Å². The highest BCUT2D eigenvalue weighted by atomic mass is 35.5. The van der Waals surface area contributed by atoms with E-state index in [9.17, 15) is 35.5 Å². The van der Waals surface area contributed by atoms with Crippen molar-refractivity contribution in [3.05, 3.63) is 52.2 Å². The fourth-order valence-corrected chi connectivity index (χ4v) is 3.19. The molecule has 3 rings (SSSR count). The molecule has 192 valence electrons. The third-order valence-corrected chi connectivity index (χ3v) is 5.31. The van der Waals surface area contributed by atoms with Gasteiger partial charge in [-0.25, -0.2) is 14.4 Å². The van der Waals surface area contributed by atoms with Gasteiger partial charge in [0.05, 0.1) is 17.2 Å². The fraction of sp³-hybridized carbons (Fsp3) is 0.368. The van der Waals surface area contributed by atoms with E-state index in [1.54, 1.807) is 0 Å². The second kappa shape index (κ2) is 9.39. The van der Waals surface area contributed by atoms with Gasteiger partial charge in [0, 0.05) is 6.20 Å². The molecule has 3 N–H and O–H groups in total. The van der Waals surface area contributed by atoms with E-state index in [1.807, 2.05) is 0 Å². The van der Waals surface area contributed by atoms with Crippen molar-refractivity contribution in [1.82, 2.24) is 9.97 Å². The summed E-state index contributed by atoms with van der Waals surface area (Å²) in [6, 6.07) is 2.37. The highest BCUT2D eigenvalue weighted by Gasteiger charge is 2.59. The van der Waals surface area contributed by atoms with E-state index in [2.05, 4.69) is 20.3 Å². The molecule has 3 heterocycles. The lowest BCUT2D eigenvalue weighted by molar-refractivity contribution is -0.249. The van der Waals surface area contributed by atoms with E-state index < -0.39 is 69.6 Å². The van der Waals surface area contributed by atoms with Crippen LogP contribution in [0.25, 0.3) is 0 Å². The number of nitrogens with zero attached hydrogens (tertiary/aromatic N) is 3. The topological polar surface area (TPSA) is 102 Å². The Balaban J connectivity index is 0.00000432. The number of nitrogens with two attached hydrogens (primary N) is 1. The van der Waals surface area contributed by atoms with Crippen LogP contribution in [0.2, 0.25) is 5.02 Å². The molecule has 1 aliphatic rings. The number of anilines is 1. The first-order valence-corrected chi connectivity index (χ1v) is 9.63. The number of amides is 1. The number of pyridine rings is 2. The smallest absolute Gasteiger partial charge is 0.385 e. The molecule has 0 radical (unpaired) electrons. The molecule has 0 bridgehead atoms. The summed E-state index contributed by atoms with van der Waals surface area (Å²) in [5.41, 5.74) is -1.42. The summed E-state index contributed by atoms with van der Waals surface area (Å²) in [5, 5.41) is 1.58. The van der Waals surface area contributed by atoms with Crippen LogP contribution in [0.15, 0.2) is 29.4 Å². The van der Waals surface area contributed by atoms with Crippen LogP contribution in [-0.4, -0.2) is 40.1 Å². The van der Waals surface area contributed by atoms with Crippen LogP contribution in [0, 0.1) is 5.82 Å². The average molecular weight is 550 g/mol. The van der Waals surface area contributed by atoms with Gasteiger partial charge in [-0.3, -0.25) is 9.79 Å². The Hall–Kier alpha value is -2.71. The molecule has 1 aliphatic heterocycles. The molecular formula is C19H16Cl2F7N5O2. The maximum atomic E-state index is 14.5. The number of nitrogens with one attached hydrogen (secondary N) is 1. The van der Waals surface area contributed by atoms with Gasteiger partial charge < -0.3 is 15.8 Å². The van der Waals surface area contributed by atoms with Crippen LogP contribution in [0.1, 0.15) is 35.6 Å². The standard InChI is InChI=1S/C19H15ClF7N5O2.ClH/c1-16(7-34-17(2,15(28)32-16)19(25,26)27)13-10(21)3-4-11(30-13)31-14(33)12-9(20)5-8(6-29-12)18(22,23)24;/h3-6H,7H2,1-2H3,(H2,28,32)(H,30,31,33);1H/t16-,17+;/m0./s1. The molecule has 0 spiro atoms. The Bertz CT molecular complexity index is 1180. The van der Waals surface area contributed by atoms with E-state index in [0.29, 0.717) is 19.2 Å². The normalized spacial score (nSPS) is 22.7. The fourth-order valence-electron chi connectivity index (χ4n) is 2.94. The number of alkyl halides is 6. The van der Waals surface area contributed by atoms with Crippen molar-refractivity contribution in [3.8, 4) is 0 Å². The molecule has 0 aromatic carbocycles. The van der Waals surface area contributed by atoms with Gasteiger partial charge in [0.2, 0.25) is 5.60 Å². The summed E-state index contributed by atoms with van der Waals surface area (Å²) < 4.78 is 97.6. The summed E-state index contributed by atoms with van der Waals surface area (Å²) in [6.07, 6.45) is -9.22. The summed E-state index contributed by atoms with van der Waals surface area (Å²) in [6.45, 7) is 1.14. The SMILES string of the molecule is C[C@@]1(c2nc(NC(=O)c3ncc(C(F)(F)F)cc3Cl)ccc2F)CO[C@@](C)(C(F)(F)F)C(N)=N1.Cl. The first-order chi connectivity index (χ1) is 15.5. The van der Waals surface area contributed by atoms with E-state index >= 15 is 0 Å². The first-order valence-electron chi connectivity index (χ1n) is 9.25. The monoisotopic (exact) mass is 549 g/mol. The van der Waals surface area contributed by atoms with E-state index in [1.165, 1.54) is 6.92 Å². The Morgan fingerprint density at radius 1 is 1.20 bits per heavy atom. The maximum Gasteiger partial charge on any atom is 0.424 e. The molecule has 0 aliphatic carbocycles. The Kier molecular flexibility index (Phi) is 7.65. The lowest BCUT2D eigenvalue weighted by Gasteiger charge is -2.40. The number of ether oxygens (including phenoxy) is 1. The summed E-state index contributed by atoms with van der Waals surface area (Å²) in [7, 11) is 0. The molecule has 2 atom stereocenters. The van der Waals surface area contributed by atoms with Gasteiger partial charge >= 0.3 is 12.4 Å². The number of aliphatic imine (C=N–C) groups is 1. The molecular weight excluding hydrogens is 534 g/mol. The lowest BCUT2D eigenvalue weighted by atomic mass is 9.93. The highest BCUT2D eigenvalue weighted by Crippen LogP contribution is 2.41. The molecule has 1 amide bonds. The number of hydrogen-bond donors (Lipinski definition) is 2. The van der Waals surface area contributed by atoms with Crippen molar-refractivity contribution in [1.29, 1.82) is 0 Å². The molecule has 0 unspecified atom stereocenters.